The number of aliphatic imine (C=N–C) groups is 1. The van der Waals surface area contributed by atoms with Crippen LogP contribution in [-0.4, -0.2) is 213 Å². The van der Waals surface area contributed by atoms with E-state index in [4.69, 9.17) is 64.7 Å². The number of nitrogens with two attached hydrogens (primary N) is 3. The van der Waals surface area contributed by atoms with Crippen LogP contribution in [0.3, 0.4) is 0 Å². The molecule has 0 saturated heterocycles. The Bertz CT molecular complexity index is 1250. The molecule has 2 amide bonds. The van der Waals surface area contributed by atoms with Crippen LogP contribution in [0.4, 0.5) is 0 Å². The summed E-state index contributed by atoms with van der Waals surface area (Å²) in [6.45, 7) is 11.2. The van der Waals surface area contributed by atoms with Crippen LogP contribution in [0.15, 0.2) is 16.8 Å². The molecule has 10 N–H and O–H groups in total. The van der Waals surface area contributed by atoms with Crippen LogP contribution in [0.1, 0.15) is 52.4 Å². The van der Waals surface area contributed by atoms with Gasteiger partial charge in [-0.25, -0.2) is 15.7 Å². The van der Waals surface area contributed by atoms with E-state index in [0.29, 0.717) is 138 Å². The van der Waals surface area contributed by atoms with Crippen molar-refractivity contribution in [2.45, 2.75) is 76.7 Å². The molecule has 0 fully saturated rings. The maximum absolute atomic E-state index is 13.0. The Morgan fingerprint density at radius 2 is 1.23 bits per heavy atom. The fourth-order valence-corrected chi connectivity index (χ4v) is 6.00. The van der Waals surface area contributed by atoms with Gasteiger partial charge in [-0.05, 0) is 25.3 Å². The molecule has 0 aromatic rings. The van der Waals surface area contributed by atoms with E-state index in [1.165, 1.54) is 6.08 Å². The van der Waals surface area contributed by atoms with Crippen LogP contribution in [0.5, 0.6) is 0 Å². The third kappa shape index (κ3) is 30.0. The number of amides is 2. The number of unbranched alkanes of at least 4 members (excludes halogenated alkanes) is 3. The number of carboxylic acids is 1. The topological polar surface area (TPSA) is 319 Å². The fraction of sp³-hybridized carbons (Fsp3) is 0.854. The van der Waals surface area contributed by atoms with Crippen molar-refractivity contribution in [3.8, 4) is 0 Å². The summed E-state index contributed by atoms with van der Waals surface area (Å²) in [4.78, 5) is 47.7. The van der Waals surface area contributed by atoms with Crippen molar-refractivity contribution >= 4 is 23.7 Å². The molecule has 0 saturated carbocycles. The van der Waals surface area contributed by atoms with E-state index in [1.54, 1.807) is 6.92 Å². The van der Waals surface area contributed by atoms with Crippen molar-refractivity contribution in [3.05, 3.63) is 11.8 Å². The summed E-state index contributed by atoms with van der Waals surface area (Å²) in [5, 5.41) is 32.5. The quantitative estimate of drug-likeness (QED) is 0.0162. The molecule has 23 heteroatoms. The molecular formula is C41H78N6O17. The molecule has 5 atom stereocenters. The first-order valence-corrected chi connectivity index (χ1v) is 22.1. The molecule has 374 valence electrons. The minimum atomic E-state index is -1.50. The van der Waals surface area contributed by atoms with E-state index in [1.807, 2.05) is 4.90 Å². The number of carbonyl (C=O) groups is 3. The highest BCUT2D eigenvalue weighted by Crippen LogP contribution is 2.30. The number of rotatable bonds is 44. The molecule has 0 spiro atoms. The summed E-state index contributed by atoms with van der Waals surface area (Å²) >= 11 is 0. The Hall–Kier alpha value is -3.30. The lowest BCUT2D eigenvalue weighted by atomic mass is 9.87. The molecule has 0 aromatic heterocycles. The lowest BCUT2D eigenvalue weighted by Crippen LogP contribution is -2.51. The molecule has 0 aromatic carbocycles. The molecule has 1 aliphatic rings. The van der Waals surface area contributed by atoms with Gasteiger partial charge in [-0.2, -0.15) is 0 Å². The minimum absolute atomic E-state index is 0.00706. The summed E-state index contributed by atoms with van der Waals surface area (Å²) in [5.41, 5.74) is 11.0. The number of aliphatic hydroxyl groups is 2. The van der Waals surface area contributed by atoms with Gasteiger partial charge < -0.3 is 89.2 Å². The second-order valence-electron chi connectivity index (χ2n) is 14.5. The smallest absolute Gasteiger partial charge is 0.370 e. The van der Waals surface area contributed by atoms with Crippen molar-refractivity contribution in [2.75, 3.05) is 145 Å². The van der Waals surface area contributed by atoms with Crippen LogP contribution in [0, 0.1) is 5.92 Å². The fourth-order valence-electron chi connectivity index (χ4n) is 6.00. The zero-order valence-electron chi connectivity index (χ0n) is 37.9. The Labute approximate surface area is 377 Å². The van der Waals surface area contributed by atoms with Crippen LogP contribution >= 0.6 is 0 Å². The van der Waals surface area contributed by atoms with Gasteiger partial charge in [0.1, 0.15) is 24.9 Å². The predicted molar refractivity (Wildman–Crippen MR) is 232 cm³/mol. The molecule has 1 aliphatic heterocycles. The van der Waals surface area contributed by atoms with Crippen molar-refractivity contribution in [2.24, 2.45) is 28.3 Å². The molecule has 23 nitrogen and oxygen atoms in total. The van der Waals surface area contributed by atoms with E-state index in [-0.39, 0.29) is 24.9 Å². The summed E-state index contributed by atoms with van der Waals surface area (Å²) in [6, 6.07) is -0.814. The average Bonchev–Trinajstić information content (AvgIpc) is 3.27. The number of aliphatic hydroxyl groups excluding tert-OH is 2. The molecular weight excluding hydrogens is 848 g/mol. The highest BCUT2D eigenvalue weighted by molar-refractivity contribution is 5.85. The monoisotopic (exact) mass is 927 g/mol. The zero-order chi connectivity index (χ0) is 47.0. The van der Waals surface area contributed by atoms with Gasteiger partial charge in [-0.1, -0.05) is 26.7 Å². The lowest BCUT2D eigenvalue weighted by molar-refractivity contribution is -0.160. The number of nitrogens with one attached hydrogen (secondary N) is 1. The zero-order valence-corrected chi connectivity index (χ0v) is 37.9. The van der Waals surface area contributed by atoms with E-state index in [2.05, 4.69) is 22.1 Å². The average molecular weight is 927 g/mol. The summed E-state index contributed by atoms with van der Waals surface area (Å²) in [7, 11) is 0. The van der Waals surface area contributed by atoms with Gasteiger partial charge in [-0.3, -0.25) is 9.59 Å². The summed E-state index contributed by atoms with van der Waals surface area (Å²) < 4.78 is 55.0. The van der Waals surface area contributed by atoms with E-state index >= 15 is 0 Å². The van der Waals surface area contributed by atoms with Crippen LogP contribution in [-0.2, 0) is 66.6 Å². The minimum Gasteiger partial charge on any atom is -0.480 e. The first kappa shape index (κ1) is 58.7. The SMILES string of the molecule is CCCCCN(CCCCNC(=O)CO[C@@H]([C@@H]1OC(C(=O)O)=C[C@H](N=C(N)N)[C@H]1C)[C@H](O)CO)C(=O)CCOCCOCCOCCOCCOCCOCCOCCOCCON. The number of carbonyl (C=O) groups excluding carboxylic acids is 2. The van der Waals surface area contributed by atoms with Gasteiger partial charge in [0.05, 0.1) is 131 Å². The Balaban J connectivity index is 2.17. The Morgan fingerprint density at radius 3 is 1.67 bits per heavy atom. The molecule has 0 aliphatic carbocycles. The first-order valence-electron chi connectivity index (χ1n) is 22.1. The van der Waals surface area contributed by atoms with Crippen molar-refractivity contribution in [1.82, 2.24) is 10.2 Å². The maximum Gasteiger partial charge on any atom is 0.370 e. The third-order valence-electron chi connectivity index (χ3n) is 9.42. The molecule has 0 unspecified atom stereocenters. The second kappa shape index (κ2) is 40.0. The van der Waals surface area contributed by atoms with Gasteiger partial charge in [0.2, 0.25) is 17.6 Å². The number of guanidine groups is 1. The number of nitrogens with zero attached hydrogens (tertiary/aromatic N) is 2. The van der Waals surface area contributed by atoms with Gasteiger partial charge in [0.25, 0.3) is 0 Å². The van der Waals surface area contributed by atoms with Crippen LogP contribution < -0.4 is 22.7 Å². The van der Waals surface area contributed by atoms with Crippen LogP contribution in [0.2, 0.25) is 0 Å². The number of hydrogen-bond donors (Lipinski definition) is 7. The number of aliphatic carboxylic acids is 1. The van der Waals surface area contributed by atoms with Gasteiger partial charge in [0, 0.05) is 25.6 Å². The normalized spacial score (nSPS) is 17.0. The Morgan fingerprint density at radius 1 is 0.766 bits per heavy atom. The highest BCUT2D eigenvalue weighted by Gasteiger charge is 2.42. The van der Waals surface area contributed by atoms with Gasteiger partial charge in [0.15, 0.2) is 5.96 Å². The van der Waals surface area contributed by atoms with Gasteiger partial charge in [-0.15, -0.1) is 0 Å². The predicted octanol–water partition coefficient (Wildman–Crippen LogP) is -1.30. The first-order chi connectivity index (χ1) is 31.0. The molecule has 64 heavy (non-hydrogen) atoms. The van der Waals surface area contributed by atoms with Gasteiger partial charge >= 0.3 is 5.97 Å². The summed E-state index contributed by atoms with van der Waals surface area (Å²) in [6.07, 6.45) is 1.72. The molecule has 0 bridgehead atoms. The van der Waals surface area contributed by atoms with E-state index in [0.717, 1.165) is 19.3 Å². The van der Waals surface area contributed by atoms with Crippen molar-refractivity contribution < 1.29 is 81.9 Å². The lowest BCUT2D eigenvalue weighted by Gasteiger charge is -2.38. The second-order valence-corrected chi connectivity index (χ2v) is 14.5. The number of ether oxygens (including phenoxy) is 10. The number of carboxylic acid groups (broad SMARTS) is 1. The molecule has 0 radical (unpaired) electrons. The largest absolute Gasteiger partial charge is 0.480 e. The van der Waals surface area contributed by atoms with Crippen molar-refractivity contribution in [1.29, 1.82) is 0 Å². The van der Waals surface area contributed by atoms with E-state index < -0.39 is 61.1 Å². The van der Waals surface area contributed by atoms with Crippen LogP contribution in [0.25, 0.3) is 0 Å². The molecule has 1 heterocycles. The van der Waals surface area contributed by atoms with E-state index in [9.17, 15) is 29.7 Å². The standard InChI is InChI=1S/C41H78N6O17/c1-3-4-6-10-47(11-7-5-9-45-36(50)31-62-39(34(49)30-48)38-32(2)33(46-41(42)43)29-35(64-38)40(52)53)37(51)8-12-54-13-14-55-15-16-56-17-18-57-19-20-58-21-22-59-23-24-60-25-26-61-27-28-63-44/h29,32-34,38-39,48-49H,3-28,30-31,44H2,1-2H3,(H,45,50)(H,52,53)(H4,42,43,46)/t32-,33+,34-,38-,39-/m1/s1. The third-order valence-corrected chi connectivity index (χ3v) is 9.42. The summed E-state index contributed by atoms with van der Waals surface area (Å²) in [5.74, 6) is 1.70. The highest BCUT2D eigenvalue weighted by atomic mass is 16.6. The maximum atomic E-state index is 13.0. The number of hydrogen-bond acceptors (Lipinski definition) is 18. The molecule has 1 rings (SSSR count). The van der Waals surface area contributed by atoms with Crippen molar-refractivity contribution in [3.63, 3.8) is 0 Å². The Kier molecular flexibility index (Phi) is 36.7.